The Morgan fingerprint density at radius 3 is 2.57 bits per heavy atom. The molecule has 1 heterocycles. The Hall–Kier alpha value is -2.29. The third kappa shape index (κ3) is 5.37. The lowest BCUT2D eigenvalue weighted by Gasteiger charge is -2.29. The minimum absolute atomic E-state index is 0.121. The van der Waals surface area contributed by atoms with Crippen LogP contribution in [0.5, 0.6) is 17.2 Å². The highest BCUT2D eigenvalue weighted by atomic mass is 32.2. The van der Waals surface area contributed by atoms with Crippen molar-refractivity contribution in [2.45, 2.75) is 39.5 Å². The van der Waals surface area contributed by atoms with Gasteiger partial charge in [0, 0.05) is 19.6 Å². The zero-order valence-corrected chi connectivity index (χ0v) is 17.2. The normalized spacial score (nSPS) is 14.6. The van der Waals surface area contributed by atoms with Crippen LogP contribution in [-0.2, 0) is 29.8 Å². The van der Waals surface area contributed by atoms with Gasteiger partial charge in [0.25, 0.3) is 0 Å². The number of hydrogen-bond donors (Lipinski definition) is 1. The number of ether oxygens (including phenoxy) is 2. The second kappa shape index (κ2) is 8.38. The van der Waals surface area contributed by atoms with Gasteiger partial charge >= 0.3 is 10.3 Å². The Balaban J connectivity index is 1.75. The fourth-order valence-electron chi connectivity index (χ4n) is 3.35. The molecule has 1 aliphatic heterocycles. The van der Waals surface area contributed by atoms with Gasteiger partial charge in [-0.05, 0) is 61.2 Å². The molecule has 3 rings (SSSR count). The molecule has 2 N–H and O–H groups in total. The van der Waals surface area contributed by atoms with Gasteiger partial charge in [-0.25, -0.2) is 0 Å². The number of methoxy groups -OCH3 is 1. The third-order valence-electron chi connectivity index (χ3n) is 4.46. The monoisotopic (exact) mass is 406 g/mol. The van der Waals surface area contributed by atoms with E-state index in [1.165, 1.54) is 12.7 Å². The molecule has 2 aromatic rings. The first-order valence-electron chi connectivity index (χ1n) is 9.13. The smallest absolute Gasteiger partial charge is 0.380 e. The first-order chi connectivity index (χ1) is 13.2. The average molecular weight is 407 g/mol. The van der Waals surface area contributed by atoms with Gasteiger partial charge in [-0.1, -0.05) is 12.1 Å². The van der Waals surface area contributed by atoms with E-state index < -0.39 is 10.3 Å². The van der Waals surface area contributed by atoms with Gasteiger partial charge in [-0.3, -0.25) is 4.90 Å². The van der Waals surface area contributed by atoms with Crippen molar-refractivity contribution in [2.75, 3.05) is 13.7 Å². The first kappa shape index (κ1) is 20.4. The van der Waals surface area contributed by atoms with Gasteiger partial charge in [0.15, 0.2) is 11.5 Å². The molecule has 2 aromatic carbocycles. The van der Waals surface area contributed by atoms with E-state index in [2.05, 4.69) is 17.0 Å². The lowest BCUT2D eigenvalue weighted by atomic mass is 9.98. The van der Waals surface area contributed by atoms with Crippen molar-refractivity contribution in [3.63, 3.8) is 0 Å². The molecule has 8 heteroatoms. The maximum Gasteiger partial charge on any atom is 0.380 e. The molecule has 0 amide bonds. The molecular formula is C20H26N2O5S. The Morgan fingerprint density at radius 1 is 1.14 bits per heavy atom. The van der Waals surface area contributed by atoms with E-state index in [-0.39, 0.29) is 11.9 Å². The zero-order valence-electron chi connectivity index (χ0n) is 16.3. The molecular weight excluding hydrogens is 380 g/mol. The maximum absolute atomic E-state index is 11.3. The van der Waals surface area contributed by atoms with Gasteiger partial charge in [0.2, 0.25) is 0 Å². The molecule has 0 saturated heterocycles. The summed E-state index contributed by atoms with van der Waals surface area (Å²) in [5.41, 5.74) is 3.30. The molecule has 0 aromatic heterocycles. The van der Waals surface area contributed by atoms with E-state index in [9.17, 15) is 8.42 Å². The quantitative estimate of drug-likeness (QED) is 0.760. The Bertz CT molecular complexity index is 944. The SMILES string of the molecule is COc1cc2c(cc1OS(N)(=O)=O)CCN(Cc1cccc(OC(C)C)c1)C2. The van der Waals surface area contributed by atoms with Crippen molar-refractivity contribution in [1.82, 2.24) is 4.90 Å². The zero-order chi connectivity index (χ0) is 20.3. The molecule has 152 valence electrons. The summed E-state index contributed by atoms with van der Waals surface area (Å²) in [5, 5.41) is 4.99. The van der Waals surface area contributed by atoms with Crippen LogP contribution >= 0.6 is 0 Å². The molecule has 0 bridgehead atoms. The number of rotatable bonds is 7. The van der Waals surface area contributed by atoms with Gasteiger partial charge < -0.3 is 13.7 Å². The van der Waals surface area contributed by atoms with Crippen molar-refractivity contribution in [2.24, 2.45) is 5.14 Å². The number of benzene rings is 2. The summed E-state index contributed by atoms with van der Waals surface area (Å²) in [6.07, 6.45) is 0.918. The van der Waals surface area contributed by atoms with Gasteiger partial charge in [-0.15, -0.1) is 0 Å². The van der Waals surface area contributed by atoms with Crippen molar-refractivity contribution in [3.8, 4) is 17.2 Å². The maximum atomic E-state index is 11.3. The minimum atomic E-state index is -4.10. The van der Waals surface area contributed by atoms with Crippen LogP contribution in [0.15, 0.2) is 36.4 Å². The summed E-state index contributed by atoms with van der Waals surface area (Å²) in [4.78, 5) is 2.33. The predicted molar refractivity (Wildman–Crippen MR) is 107 cm³/mol. The highest BCUT2D eigenvalue weighted by Gasteiger charge is 2.21. The number of fused-ring (bicyclic) bond motifs is 1. The summed E-state index contributed by atoms with van der Waals surface area (Å²) in [5.74, 6) is 1.34. The van der Waals surface area contributed by atoms with Gasteiger partial charge in [0.05, 0.1) is 13.2 Å². The predicted octanol–water partition coefficient (Wildman–Crippen LogP) is 2.62. The van der Waals surface area contributed by atoms with Crippen molar-refractivity contribution < 1.29 is 22.1 Å². The van der Waals surface area contributed by atoms with Crippen LogP contribution in [0.2, 0.25) is 0 Å². The fraction of sp³-hybridized carbons (Fsp3) is 0.400. The summed E-state index contributed by atoms with van der Waals surface area (Å²) in [6.45, 7) is 6.40. The average Bonchev–Trinajstić information content (AvgIpc) is 2.59. The summed E-state index contributed by atoms with van der Waals surface area (Å²) < 4.78 is 38.4. The van der Waals surface area contributed by atoms with Crippen molar-refractivity contribution >= 4 is 10.3 Å². The standard InChI is InChI=1S/C20H26N2O5S/c1-14(2)26-18-6-4-5-15(9-18)12-22-8-7-16-10-20(27-28(21,23)24)19(25-3)11-17(16)13-22/h4-6,9-11,14H,7-8,12-13H2,1-3H3,(H2,21,23,24). The molecule has 7 nitrogen and oxygen atoms in total. The Morgan fingerprint density at radius 2 is 1.89 bits per heavy atom. The van der Waals surface area contributed by atoms with Crippen LogP contribution in [0, 0.1) is 0 Å². The molecule has 0 radical (unpaired) electrons. The van der Waals surface area contributed by atoms with E-state index in [0.29, 0.717) is 5.75 Å². The summed E-state index contributed by atoms with van der Waals surface area (Å²) in [6, 6.07) is 11.6. The molecule has 0 atom stereocenters. The largest absolute Gasteiger partial charge is 0.493 e. The van der Waals surface area contributed by atoms with Crippen LogP contribution in [0.1, 0.15) is 30.5 Å². The van der Waals surface area contributed by atoms with Crippen molar-refractivity contribution in [1.29, 1.82) is 0 Å². The third-order valence-corrected chi connectivity index (χ3v) is 4.87. The Labute approximate surface area is 166 Å². The molecule has 0 fully saturated rings. The van der Waals surface area contributed by atoms with Gasteiger partial charge in [-0.2, -0.15) is 13.6 Å². The van der Waals surface area contributed by atoms with E-state index in [0.717, 1.165) is 42.9 Å². The number of nitrogens with zero attached hydrogens (tertiary/aromatic N) is 1. The Kier molecular flexibility index (Phi) is 6.12. The van der Waals surface area contributed by atoms with E-state index in [4.69, 9.17) is 18.8 Å². The second-order valence-electron chi connectivity index (χ2n) is 7.12. The van der Waals surface area contributed by atoms with Crippen LogP contribution in [0.25, 0.3) is 0 Å². The topological polar surface area (TPSA) is 91.1 Å². The number of hydrogen-bond acceptors (Lipinski definition) is 6. The molecule has 1 aliphatic rings. The van der Waals surface area contributed by atoms with E-state index >= 15 is 0 Å². The fourth-order valence-corrected chi connectivity index (χ4v) is 3.74. The highest BCUT2D eigenvalue weighted by Crippen LogP contribution is 2.34. The van der Waals surface area contributed by atoms with Crippen LogP contribution in [0.3, 0.4) is 0 Å². The molecule has 0 unspecified atom stereocenters. The second-order valence-corrected chi connectivity index (χ2v) is 8.27. The molecule has 0 aliphatic carbocycles. The first-order valence-corrected chi connectivity index (χ1v) is 10.6. The minimum Gasteiger partial charge on any atom is -0.493 e. The van der Waals surface area contributed by atoms with Crippen LogP contribution < -0.4 is 18.8 Å². The lowest BCUT2D eigenvalue weighted by Crippen LogP contribution is -2.30. The highest BCUT2D eigenvalue weighted by molar-refractivity contribution is 7.84. The molecule has 28 heavy (non-hydrogen) atoms. The van der Waals surface area contributed by atoms with E-state index in [1.54, 1.807) is 6.07 Å². The van der Waals surface area contributed by atoms with Crippen LogP contribution in [-0.4, -0.2) is 33.1 Å². The number of nitrogens with two attached hydrogens (primary N) is 1. The van der Waals surface area contributed by atoms with Crippen molar-refractivity contribution in [3.05, 3.63) is 53.1 Å². The summed E-state index contributed by atoms with van der Waals surface area (Å²) >= 11 is 0. The lowest BCUT2D eigenvalue weighted by molar-refractivity contribution is 0.236. The molecule has 0 saturated carbocycles. The van der Waals surface area contributed by atoms with Crippen LogP contribution in [0.4, 0.5) is 0 Å². The molecule has 0 spiro atoms. The summed E-state index contributed by atoms with van der Waals surface area (Å²) in [7, 11) is -2.63. The van der Waals surface area contributed by atoms with E-state index in [1.807, 2.05) is 32.0 Å². The van der Waals surface area contributed by atoms with Gasteiger partial charge in [0.1, 0.15) is 5.75 Å².